The quantitative estimate of drug-likeness (QED) is 0.784. The molecule has 25 heavy (non-hydrogen) atoms. The van der Waals surface area contributed by atoms with E-state index in [9.17, 15) is 4.79 Å². The summed E-state index contributed by atoms with van der Waals surface area (Å²) in [5.41, 5.74) is 6.22. The molecule has 0 radical (unpaired) electrons. The highest BCUT2D eigenvalue weighted by molar-refractivity contribution is 5.83. The van der Waals surface area contributed by atoms with E-state index in [1.54, 1.807) is 14.2 Å². The number of hydrogen-bond acceptors (Lipinski definition) is 5. The smallest absolute Gasteiger partial charge is 0.227 e. The number of rotatable bonds is 7. The Morgan fingerprint density at radius 1 is 1.24 bits per heavy atom. The van der Waals surface area contributed by atoms with Gasteiger partial charge in [-0.15, -0.1) is 0 Å². The van der Waals surface area contributed by atoms with Crippen LogP contribution in [0.25, 0.3) is 0 Å². The molecule has 0 bridgehead atoms. The second kappa shape index (κ2) is 8.06. The molecular weight excluding hydrogens is 320 g/mol. The summed E-state index contributed by atoms with van der Waals surface area (Å²) in [6.45, 7) is 6.22. The molecule has 6 nitrogen and oxygen atoms in total. The van der Waals surface area contributed by atoms with Crippen LogP contribution < -0.4 is 20.5 Å². The largest absolute Gasteiger partial charge is 0.493 e. The van der Waals surface area contributed by atoms with Crippen molar-refractivity contribution in [2.24, 2.45) is 11.1 Å². The first-order chi connectivity index (χ1) is 11.9. The highest BCUT2D eigenvalue weighted by Gasteiger charge is 2.39. The number of methoxy groups -OCH3 is 2. The molecule has 1 saturated heterocycles. The molecule has 0 unspecified atom stereocenters. The first-order valence-corrected chi connectivity index (χ1v) is 8.67. The van der Waals surface area contributed by atoms with E-state index in [-0.39, 0.29) is 11.3 Å². The van der Waals surface area contributed by atoms with Crippen molar-refractivity contribution in [3.8, 4) is 11.5 Å². The first kappa shape index (κ1) is 19.5. The van der Waals surface area contributed by atoms with E-state index >= 15 is 0 Å². The maximum Gasteiger partial charge on any atom is 0.227 e. The second-order valence-electron chi connectivity index (χ2n) is 7.23. The number of nitrogens with one attached hydrogen (secondary N) is 1. The van der Waals surface area contributed by atoms with Gasteiger partial charge in [0.1, 0.15) is 0 Å². The lowest BCUT2D eigenvalue weighted by atomic mass is 9.78. The average molecular weight is 350 g/mol. The van der Waals surface area contributed by atoms with E-state index in [2.05, 4.69) is 19.2 Å². The van der Waals surface area contributed by atoms with Crippen molar-refractivity contribution in [3.63, 3.8) is 0 Å². The number of ether oxygens (including phenoxy) is 3. The number of carbonyl (C=O) groups excluding carboxylic acids is 1. The standard InChI is InChI=1S/C19H30N2O4/c1-18(2,14-5-6-15(23-3)16(11-14)24-4)13-21-17(22)19(12-20)7-9-25-10-8-19/h5-6,11H,7-10,12-13,20H2,1-4H3,(H,21,22). The lowest BCUT2D eigenvalue weighted by molar-refractivity contribution is -0.136. The van der Waals surface area contributed by atoms with Gasteiger partial charge in [0.05, 0.1) is 19.6 Å². The lowest BCUT2D eigenvalue weighted by Crippen LogP contribution is -2.51. The molecule has 1 amide bonds. The maximum absolute atomic E-state index is 12.8. The molecule has 0 saturated carbocycles. The third-order valence-corrected chi connectivity index (χ3v) is 5.18. The summed E-state index contributed by atoms with van der Waals surface area (Å²) in [7, 11) is 3.23. The molecule has 1 aliphatic rings. The van der Waals surface area contributed by atoms with Gasteiger partial charge in [0, 0.05) is 31.7 Å². The van der Waals surface area contributed by atoms with Crippen molar-refractivity contribution >= 4 is 5.91 Å². The fraction of sp³-hybridized carbons (Fsp3) is 0.632. The Kier molecular flexibility index (Phi) is 6.30. The summed E-state index contributed by atoms with van der Waals surface area (Å²) in [4.78, 5) is 12.8. The first-order valence-electron chi connectivity index (χ1n) is 8.67. The molecule has 0 aromatic heterocycles. The number of carbonyl (C=O) groups is 1. The minimum absolute atomic E-state index is 0.0202. The Labute approximate surface area is 150 Å². The molecule has 0 aliphatic carbocycles. The summed E-state index contributed by atoms with van der Waals surface area (Å²) in [5, 5.41) is 3.10. The zero-order valence-electron chi connectivity index (χ0n) is 15.7. The van der Waals surface area contributed by atoms with E-state index in [0.29, 0.717) is 50.6 Å². The Bertz CT molecular complexity index is 595. The number of benzene rings is 1. The molecular formula is C19H30N2O4. The van der Waals surface area contributed by atoms with E-state index in [1.165, 1.54) is 0 Å². The van der Waals surface area contributed by atoms with Crippen LogP contribution in [0.4, 0.5) is 0 Å². The second-order valence-corrected chi connectivity index (χ2v) is 7.23. The average Bonchev–Trinajstić information content (AvgIpc) is 2.65. The minimum atomic E-state index is -0.508. The lowest BCUT2D eigenvalue weighted by Gasteiger charge is -2.36. The number of nitrogens with two attached hydrogens (primary N) is 1. The van der Waals surface area contributed by atoms with Crippen molar-refractivity contribution in [1.82, 2.24) is 5.32 Å². The van der Waals surface area contributed by atoms with E-state index in [4.69, 9.17) is 19.9 Å². The topological polar surface area (TPSA) is 82.8 Å². The summed E-state index contributed by atoms with van der Waals surface area (Å²) >= 11 is 0. The zero-order valence-corrected chi connectivity index (χ0v) is 15.7. The van der Waals surface area contributed by atoms with Gasteiger partial charge >= 0.3 is 0 Å². The SMILES string of the molecule is COc1ccc(C(C)(C)CNC(=O)C2(CN)CCOCC2)cc1OC. The molecule has 6 heteroatoms. The third kappa shape index (κ3) is 4.25. The summed E-state index contributed by atoms with van der Waals surface area (Å²) in [6.07, 6.45) is 1.35. The summed E-state index contributed by atoms with van der Waals surface area (Å²) in [5.74, 6) is 1.39. The van der Waals surface area contributed by atoms with Crippen LogP contribution >= 0.6 is 0 Å². The van der Waals surface area contributed by atoms with E-state index in [1.807, 2.05) is 18.2 Å². The summed E-state index contributed by atoms with van der Waals surface area (Å²) < 4.78 is 16.0. The highest BCUT2D eigenvalue weighted by atomic mass is 16.5. The predicted octanol–water partition coefficient (Wildman–Crippen LogP) is 1.85. The molecule has 1 heterocycles. The van der Waals surface area contributed by atoms with Gasteiger partial charge in [0.2, 0.25) is 5.91 Å². The van der Waals surface area contributed by atoms with Gasteiger partial charge in [0.25, 0.3) is 0 Å². The van der Waals surface area contributed by atoms with Crippen molar-refractivity contribution in [2.75, 3.05) is 40.5 Å². The minimum Gasteiger partial charge on any atom is -0.493 e. The van der Waals surface area contributed by atoms with Crippen molar-refractivity contribution in [3.05, 3.63) is 23.8 Å². The molecule has 140 valence electrons. The fourth-order valence-electron chi connectivity index (χ4n) is 3.13. The van der Waals surface area contributed by atoms with Crippen LogP contribution in [0.15, 0.2) is 18.2 Å². The van der Waals surface area contributed by atoms with Crippen molar-refractivity contribution in [1.29, 1.82) is 0 Å². The highest BCUT2D eigenvalue weighted by Crippen LogP contribution is 2.34. The molecule has 1 fully saturated rings. The van der Waals surface area contributed by atoms with Gasteiger partial charge in [-0.2, -0.15) is 0 Å². The van der Waals surface area contributed by atoms with Gasteiger partial charge in [-0.1, -0.05) is 19.9 Å². The monoisotopic (exact) mass is 350 g/mol. The number of hydrogen-bond donors (Lipinski definition) is 2. The van der Waals surface area contributed by atoms with Gasteiger partial charge < -0.3 is 25.3 Å². The van der Waals surface area contributed by atoms with Crippen LogP contribution in [0, 0.1) is 5.41 Å². The normalized spacial score (nSPS) is 17.0. The van der Waals surface area contributed by atoms with Gasteiger partial charge in [-0.3, -0.25) is 4.79 Å². The molecule has 1 aromatic rings. The van der Waals surface area contributed by atoms with Crippen LogP contribution in [-0.4, -0.2) is 46.4 Å². The van der Waals surface area contributed by atoms with Crippen LogP contribution in [0.2, 0.25) is 0 Å². The van der Waals surface area contributed by atoms with Crippen molar-refractivity contribution < 1.29 is 19.0 Å². The van der Waals surface area contributed by atoms with E-state index < -0.39 is 5.41 Å². The van der Waals surface area contributed by atoms with Gasteiger partial charge in [-0.05, 0) is 30.5 Å². The third-order valence-electron chi connectivity index (χ3n) is 5.18. The molecule has 0 atom stereocenters. The maximum atomic E-state index is 12.8. The Hall–Kier alpha value is -1.79. The van der Waals surface area contributed by atoms with Crippen LogP contribution in [0.5, 0.6) is 11.5 Å². The molecule has 0 spiro atoms. The zero-order chi connectivity index (χ0) is 18.5. The molecule has 1 aliphatic heterocycles. The predicted molar refractivity (Wildman–Crippen MR) is 97.1 cm³/mol. The van der Waals surface area contributed by atoms with Crippen LogP contribution in [-0.2, 0) is 14.9 Å². The van der Waals surface area contributed by atoms with Crippen LogP contribution in [0.3, 0.4) is 0 Å². The molecule has 3 N–H and O–H groups in total. The Morgan fingerprint density at radius 2 is 1.88 bits per heavy atom. The molecule has 1 aromatic carbocycles. The van der Waals surface area contributed by atoms with Gasteiger partial charge in [-0.25, -0.2) is 0 Å². The number of amides is 1. The molecule has 2 rings (SSSR count). The Balaban J connectivity index is 2.09. The fourth-order valence-corrected chi connectivity index (χ4v) is 3.13. The Morgan fingerprint density at radius 3 is 2.44 bits per heavy atom. The van der Waals surface area contributed by atoms with E-state index in [0.717, 1.165) is 5.56 Å². The van der Waals surface area contributed by atoms with Gasteiger partial charge in [0.15, 0.2) is 11.5 Å². The van der Waals surface area contributed by atoms with Crippen LogP contribution in [0.1, 0.15) is 32.3 Å². The summed E-state index contributed by atoms with van der Waals surface area (Å²) in [6, 6.07) is 5.84. The van der Waals surface area contributed by atoms with Crippen molar-refractivity contribution in [2.45, 2.75) is 32.1 Å².